The van der Waals surface area contributed by atoms with Crippen LogP contribution in [0.5, 0.6) is 5.75 Å². The molecular weight excluding hydrogens is 360 g/mol. The number of rotatable bonds is 8. The van der Waals surface area contributed by atoms with Gasteiger partial charge in [0.25, 0.3) is 5.91 Å². The fraction of sp³-hybridized carbons (Fsp3) is 0.300. The summed E-state index contributed by atoms with van der Waals surface area (Å²) in [4.78, 5) is 11.9. The van der Waals surface area contributed by atoms with Gasteiger partial charge in [0, 0.05) is 17.4 Å². The van der Waals surface area contributed by atoms with Crippen molar-refractivity contribution >= 4 is 34.6 Å². The van der Waals surface area contributed by atoms with Gasteiger partial charge in [-0.1, -0.05) is 31.5 Å². The fourth-order valence-corrected chi connectivity index (χ4v) is 2.55. The molecule has 1 amide bonds. The van der Waals surface area contributed by atoms with E-state index in [0.717, 1.165) is 23.5 Å². The highest BCUT2D eigenvalue weighted by Gasteiger charge is 2.03. The number of thiocarbonyl (C=S) groups is 1. The number of unbranched alkanes of at least 4 members (excludes halogenated alkanes) is 1. The topological polar surface area (TPSA) is 74.4 Å². The molecule has 27 heavy (non-hydrogen) atoms. The van der Waals surface area contributed by atoms with E-state index in [1.54, 1.807) is 7.11 Å². The molecule has 2 aromatic carbocycles. The summed E-state index contributed by atoms with van der Waals surface area (Å²) < 4.78 is 5.15. The number of anilines is 2. The predicted octanol–water partition coefficient (Wildman–Crippen LogP) is 3.47. The monoisotopic (exact) mass is 386 g/mol. The first-order valence-corrected chi connectivity index (χ1v) is 9.34. The van der Waals surface area contributed by atoms with Crippen molar-refractivity contribution in [1.29, 1.82) is 0 Å². The average molecular weight is 387 g/mol. The van der Waals surface area contributed by atoms with E-state index in [1.807, 2.05) is 36.4 Å². The summed E-state index contributed by atoms with van der Waals surface area (Å²) in [5.41, 5.74) is 8.22. The van der Waals surface area contributed by atoms with E-state index in [4.69, 9.17) is 17.0 Å². The molecular formula is C20H26N4O2S. The lowest BCUT2D eigenvalue weighted by Gasteiger charge is -2.13. The number of ether oxygens (including phenoxy) is 1. The van der Waals surface area contributed by atoms with Crippen molar-refractivity contribution in [3.05, 3.63) is 54.1 Å². The summed E-state index contributed by atoms with van der Waals surface area (Å²) in [6, 6.07) is 15.5. The molecule has 144 valence electrons. The highest BCUT2D eigenvalue weighted by atomic mass is 32.1. The molecule has 0 fully saturated rings. The second-order valence-electron chi connectivity index (χ2n) is 6.01. The molecule has 0 aliphatic carbocycles. The van der Waals surface area contributed by atoms with Crippen molar-refractivity contribution in [3.63, 3.8) is 0 Å². The third-order valence-corrected chi connectivity index (χ3v) is 4.07. The van der Waals surface area contributed by atoms with Gasteiger partial charge in [0.15, 0.2) is 5.11 Å². The summed E-state index contributed by atoms with van der Waals surface area (Å²) in [7, 11) is 1.60. The zero-order valence-electron chi connectivity index (χ0n) is 15.7. The van der Waals surface area contributed by atoms with Crippen molar-refractivity contribution < 1.29 is 9.53 Å². The van der Waals surface area contributed by atoms with Crippen molar-refractivity contribution in [2.75, 3.05) is 24.3 Å². The Morgan fingerprint density at radius 3 is 2.56 bits per heavy atom. The number of amides is 1. The molecule has 4 N–H and O–H groups in total. The van der Waals surface area contributed by atoms with E-state index >= 15 is 0 Å². The molecule has 0 saturated heterocycles. The highest BCUT2D eigenvalue weighted by Crippen LogP contribution is 2.16. The van der Waals surface area contributed by atoms with Crippen molar-refractivity contribution in [3.8, 4) is 5.75 Å². The Kier molecular flexibility index (Phi) is 8.38. The quantitative estimate of drug-likeness (QED) is 0.411. The molecule has 0 unspecified atom stereocenters. The van der Waals surface area contributed by atoms with Gasteiger partial charge in [-0.3, -0.25) is 15.6 Å². The predicted molar refractivity (Wildman–Crippen MR) is 114 cm³/mol. The molecule has 2 rings (SSSR count). The fourth-order valence-electron chi connectivity index (χ4n) is 2.38. The molecule has 0 radical (unpaired) electrons. The van der Waals surface area contributed by atoms with Crippen LogP contribution in [0.4, 0.5) is 11.4 Å². The van der Waals surface area contributed by atoms with Crippen molar-refractivity contribution in [1.82, 2.24) is 10.9 Å². The molecule has 0 bridgehead atoms. The van der Waals surface area contributed by atoms with Crippen LogP contribution in [-0.4, -0.2) is 24.7 Å². The van der Waals surface area contributed by atoms with Gasteiger partial charge < -0.3 is 15.4 Å². The molecule has 0 aromatic heterocycles. The number of hydrazine groups is 1. The SMILES string of the molecule is CCCCc1ccc(NC(=S)NNC(=O)CNc2cccc(OC)c2)cc1. The van der Waals surface area contributed by atoms with Gasteiger partial charge >= 0.3 is 0 Å². The molecule has 0 aliphatic rings. The van der Waals surface area contributed by atoms with Gasteiger partial charge in [-0.15, -0.1) is 0 Å². The Morgan fingerprint density at radius 1 is 1.07 bits per heavy atom. The second-order valence-corrected chi connectivity index (χ2v) is 6.42. The number of hydrogen-bond donors (Lipinski definition) is 4. The molecule has 2 aromatic rings. The first-order chi connectivity index (χ1) is 13.1. The summed E-state index contributed by atoms with van der Waals surface area (Å²) in [6.07, 6.45) is 3.44. The van der Waals surface area contributed by atoms with Crippen LogP contribution < -0.4 is 26.2 Å². The van der Waals surface area contributed by atoms with E-state index in [0.29, 0.717) is 5.11 Å². The molecule has 0 aliphatic heterocycles. The number of carbonyl (C=O) groups excluding carboxylic acids is 1. The second kappa shape index (κ2) is 11.0. The average Bonchev–Trinajstić information content (AvgIpc) is 2.70. The van der Waals surface area contributed by atoms with E-state index in [2.05, 4.69) is 40.5 Å². The lowest BCUT2D eigenvalue weighted by molar-refractivity contribution is -0.119. The molecule has 0 atom stereocenters. The Hall–Kier alpha value is -2.80. The number of carbonyl (C=O) groups is 1. The molecule has 0 spiro atoms. The van der Waals surface area contributed by atoms with Crippen LogP contribution in [0.15, 0.2) is 48.5 Å². The van der Waals surface area contributed by atoms with Crippen LogP contribution in [0, 0.1) is 0 Å². The van der Waals surface area contributed by atoms with Crippen molar-refractivity contribution in [2.45, 2.75) is 26.2 Å². The minimum atomic E-state index is -0.239. The van der Waals surface area contributed by atoms with Gasteiger partial charge in [0.2, 0.25) is 0 Å². The maximum atomic E-state index is 11.9. The number of hydrogen-bond acceptors (Lipinski definition) is 4. The van der Waals surface area contributed by atoms with E-state index in [1.165, 1.54) is 18.4 Å². The maximum absolute atomic E-state index is 11.9. The van der Waals surface area contributed by atoms with Crippen LogP contribution >= 0.6 is 12.2 Å². The van der Waals surface area contributed by atoms with Gasteiger partial charge in [-0.05, 0) is 54.9 Å². The number of aryl methyl sites for hydroxylation is 1. The Labute approximate surface area is 165 Å². The largest absolute Gasteiger partial charge is 0.497 e. The van der Waals surface area contributed by atoms with E-state index < -0.39 is 0 Å². The van der Waals surface area contributed by atoms with E-state index in [9.17, 15) is 4.79 Å². The first kappa shape index (κ1) is 20.5. The highest BCUT2D eigenvalue weighted by molar-refractivity contribution is 7.80. The zero-order chi connectivity index (χ0) is 19.5. The van der Waals surface area contributed by atoms with Crippen LogP contribution in [0.1, 0.15) is 25.3 Å². The third-order valence-electron chi connectivity index (χ3n) is 3.87. The summed E-state index contributed by atoms with van der Waals surface area (Å²) in [5, 5.41) is 6.38. The van der Waals surface area contributed by atoms with Crippen LogP contribution in [0.3, 0.4) is 0 Å². The number of nitrogens with one attached hydrogen (secondary N) is 4. The molecule has 7 heteroatoms. The van der Waals surface area contributed by atoms with Gasteiger partial charge in [-0.25, -0.2) is 0 Å². The van der Waals surface area contributed by atoms with Gasteiger partial charge in [0.05, 0.1) is 13.7 Å². The Bertz CT molecular complexity index is 750. The minimum Gasteiger partial charge on any atom is -0.497 e. The number of methoxy groups -OCH3 is 1. The lowest BCUT2D eigenvalue weighted by atomic mass is 10.1. The van der Waals surface area contributed by atoms with Gasteiger partial charge in [-0.2, -0.15) is 0 Å². The Morgan fingerprint density at radius 2 is 1.85 bits per heavy atom. The summed E-state index contributed by atoms with van der Waals surface area (Å²) in [5.74, 6) is 0.488. The van der Waals surface area contributed by atoms with E-state index in [-0.39, 0.29) is 12.5 Å². The minimum absolute atomic E-state index is 0.106. The first-order valence-electron chi connectivity index (χ1n) is 8.93. The lowest BCUT2D eigenvalue weighted by Crippen LogP contribution is -2.45. The maximum Gasteiger partial charge on any atom is 0.257 e. The van der Waals surface area contributed by atoms with Crippen molar-refractivity contribution in [2.24, 2.45) is 0 Å². The molecule has 6 nitrogen and oxygen atoms in total. The van der Waals surface area contributed by atoms with Crippen LogP contribution in [0.2, 0.25) is 0 Å². The standard InChI is InChI=1S/C20H26N4O2S/c1-3-4-6-15-9-11-16(12-10-15)22-20(27)24-23-19(25)14-21-17-7-5-8-18(13-17)26-2/h5,7-13,21H,3-4,6,14H2,1-2H3,(H,23,25)(H2,22,24,27). The summed E-state index contributed by atoms with van der Waals surface area (Å²) in [6.45, 7) is 2.29. The van der Waals surface area contributed by atoms with Gasteiger partial charge in [0.1, 0.15) is 5.75 Å². The number of benzene rings is 2. The molecule has 0 heterocycles. The third kappa shape index (κ3) is 7.53. The summed E-state index contributed by atoms with van der Waals surface area (Å²) >= 11 is 5.19. The molecule has 0 saturated carbocycles. The Balaban J connectivity index is 1.70. The zero-order valence-corrected chi connectivity index (χ0v) is 16.5. The normalized spacial score (nSPS) is 10.0. The smallest absolute Gasteiger partial charge is 0.257 e. The van der Waals surface area contributed by atoms with Crippen LogP contribution in [-0.2, 0) is 11.2 Å². The van der Waals surface area contributed by atoms with Crippen LogP contribution in [0.25, 0.3) is 0 Å².